The average molecular weight is 1480 g/mol. The highest BCUT2D eigenvalue weighted by Gasteiger charge is 2.26. The molecule has 0 radical (unpaired) electrons. The van der Waals surface area contributed by atoms with Crippen molar-refractivity contribution >= 4 is 141 Å². The van der Waals surface area contributed by atoms with Gasteiger partial charge in [-0.1, -0.05) is 261 Å². The lowest BCUT2D eigenvalue weighted by atomic mass is 10.00. The topological polar surface area (TPSA) is 110 Å². The van der Waals surface area contributed by atoms with Gasteiger partial charge in [-0.15, -0.1) is 11.3 Å². The summed E-state index contributed by atoms with van der Waals surface area (Å²) >= 11 is 1.85. The summed E-state index contributed by atoms with van der Waals surface area (Å²) in [7, 11) is 0. The molecule has 0 saturated carbocycles. The molecular weight excluding hydrogens is 1410 g/mol. The minimum absolute atomic E-state index is 0.543. The summed E-state index contributed by atoms with van der Waals surface area (Å²) in [5, 5.41) is 14.0. The number of furan rings is 1. The van der Waals surface area contributed by atoms with E-state index in [0.717, 1.165) is 110 Å². The van der Waals surface area contributed by atoms with Gasteiger partial charge in [0.25, 0.3) is 0 Å². The molecule has 0 aliphatic carbocycles. The molecule has 8 heterocycles. The third-order valence-electron chi connectivity index (χ3n) is 22.4. The van der Waals surface area contributed by atoms with Crippen molar-refractivity contribution in [1.29, 1.82) is 0 Å². The van der Waals surface area contributed by atoms with Crippen molar-refractivity contribution in [3.05, 3.63) is 376 Å². The third kappa shape index (κ3) is 10.5. The predicted octanol–water partition coefficient (Wildman–Crippen LogP) is 26.4. The summed E-state index contributed by atoms with van der Waals surface area (Å²) in [5.41, 5.74) is 21.1. The minimum atomic E-state index is 0.543. The van der Waals surface area contributed by atoms with Crippen molar-refractivity contribution in [3.63, 3.8) is 0 Å². The van der Waals surface area contributed by atoms with E-state index in [2.05, 4.69) is 285 Å². The van der Waals surface area contributed by atoms with Crippen molar-refractivity contribution in [3.8, 4) is 91.1 Å². The third-order valence-corrected chi connectivity index (χ3v) is 23.6. The Balaban J connectivity index is 0.000000135. The molecule has 12 heteroatoms. The van der Waals surface area contributed by atoms with Gasteiger partial charge in [-0.05, 0) is 138 Å². The van der Waals surface area contributed by atoms with Gasteiger partial charge in [-0.3, -0.25) is 9.13 Å². The van der Waals surface area contributed by atoms with E-state index < -0.39 is 0 Å². The minimum Gasteiger partial charge on any atom is -0.455 e. The van der Waals surface area contributed by atoms with Crippen LogP contribution >= 0.6 is 11.3 Å². The summed E-state index contributed by atoms with van der Waals surface area (Å²) in [5.74, 6) is 3.62. The predicted molar refractivity (Wildman–Crippen MR) is 470 cm³/mol. The molecule has 0 saturated heterocycles. The first kappa shape index (κ1) is 64.7. The molecule has 24 rings (SSSR count). The molecule has 24 aromatic rings. The Morgan fingerprint density at radius 3 is 1.00 bits per heavy atom. The number of hydrogen-bond donors (Lipinski definition) is 0. The van der Waals surface area contributed by atoms with Crippen LogP contribution in [0.3, 0.4) is 0 Å². The molecule has 0 unspecified atom stereocenters. The Kier molecular flexibility index (Phi) is 14.9. The molecule has 0 aliphatic heterocycles. The van der Waals surface area contributed by atoms with E-state index in [1.165, 1.54) is 74.7 Å². The standard InChI is InChI=1S/C51H31N5O.C51H31N5S/c2*1-4-14-32(15-5-1)49-52-50(33-16-6-2-7-17-33)54-51(53-49)56-44-28-25-35(31-41(44)47-45(56)29-26-39-38-21-11-13-23-46(38)57-48(39)47)34-24-27-43-40(30-34)37-20-10-12-22-42(37)55(43)36-18-8-3-9-19-36/h2*1-31H. The molecule has 0 fully saturated rings. The molecule has 8 aromatic heterocycles. The largest absolute Gasteiger partial charge is 0.455 e. The number of benzene rings is 16. The summed E-state index contributed by atoms with van der Waals surface area (Å²) in [6.07, 6.45) is 0. The van der Waals surface area contributed by atoms with E-state index in [4.69, 9.17) is 34.3 Å². The molecule has 532 valence electrons. The first-order chi connectivity index (χ1) is 56.5. The summed E-state index contributed by atoms with van der Waals surface area (Å²) in [6, 6.07) is 132. The number of thiophene rings is 1. The van der Waals surface area contributed by atoms with Crippen molar-refractivity contribution in [1.82, 2.24) is 48.2 Å². The SMILES string of the molecule is c1ccc(-c2nc(-c3ccccc3)nc(-n3c4ccc(-c5ccc6c(c5)c5ccccc5n6-c5ccccc5)cc4c4c5oc6ccccc6c5ccc43)n2)cc1.c1ccc(-c2nc(-c3ccccc3)nc(-n3c4ccc(-c5ccc6c(c5)c5ccccc5n6-c5ccccc5)cc4c4c5sc6ccccc6c5ccc43)n2)cc1. The lowest BCUT2D eigenvalue weighted by molar-refractivity contribution is 0.673. The van der Waals surface area contributed by atoms with E-state index in [1.807, 2.05) is 121 Å². The van der Waals surface area contributed by atoms with Gasteiger partial charge in [0.1, 0.15) is 11.2 Å². The first-order valence-electron chi connectivity index (χ1n) is 38.2. The quantitative estimate of drug-likeness (QED) is 0.134. The molecule has 0 spiro atoms. The molecule has 0 bridgehead atoms. The molecular formula is C102H62N10OS. The van der Waals surface area contributed by atoms with Gasteiger partial charge >= 0.3 is 0 Å². The Morgan fingerprint density at radius 1 is 0.211 bits per heavy atom. The van der Waals surface area contributed by atoms with Crippen LogP contribution in [-0.2, 0) is 0 Å². The summed E-state index contributed by atoms with van der Waals surface area (Å²) in [4.78, 5) is 30.8. The van der Waals surface area contributed by atoms with Crippen LogP contribution in [0.5, 0.6) is 0 Å². The first-order valence-corrected chi connectivity index (χ1v) is 39.0. The lowest BCUT2D eigenvalue weighted by Crippen LogP contribution is -2.06. The van der Waals surface area contributed by atoms with Crippen molar-refractivity contribution in [2.24, 2.45) is 0 Å². The van der Waals surface area contributed by atoms with Crippen LogP contribution < -0.4 is 0 Å². The Labute approximate surface area is 656 Å². The van der Waals surface area contributed by atoms with Crippen LogP contribution in [0.4, 0.5) is 0 Å². The molecule has 16 aromatic carbocycles. The zero-order chi connectivity index (χ0) is 74.9. The maximum Gasteiger partial charge on any atom is 0.238 e. The van der Waals surface area contributed by atoms with Gasteiger partial charge in [0.2, 0.25) is 11.9 Å². The van der Waals surface area contributed by atoms with Crippen LogP contribution in [0.15, 0.2) is 381 Å². The normalized spacial score (nSPS) is 11.9. The second-order valence-corrected chi connectivity index (χ2v) is 29.9. The fraction of sp³-hybridized carbons (Fsp3) is 0. The fourth-order valence-electron chi connectivity index (χ4n) is 17.2. The van der Waals surface area contributed by atoms with Gasteiger partial charge in [-0.25, -0.2) is 9.97 Å². The van der Waals surface area contributed by atoms with Gasteiger partial charge in [0.15, 0.2) is 23.3 Å². The Hall–Kier alpha value is -15.2. The van der Waals surface area contributed by atoms with Crippen LogP contribution in [0, 0.1) is 0 Å². The second-order valence-electron chi connectivity index (χ2n) is 28.9. The molecule has 0 N–H and O–H groups in total. The highest BCUT2D eigenvalue weighted by atomic mass is 32.1. The Morgan fingerprint density at radius 2 is 0.544 bits per heavy atom. The van der Waals surface area contributed by atoms with Gasteiger partial charge < -0.3 is 13.6 Å². The van der Waals surface area contributed by atoms with Crippen LogP contribution in [0.2, 0.25) is 0 Å². The van der Waals surface area contributed by atoms with Gasteiger partial charge in [-0.2, -0.15) is 19.9 Å². The number of fused-ring (bicyclic) bond motifs is 20. The summed E-state index contributed by atoms with van der Waals surface area (Å²) in [6.45, 7) is 0. The maximum atomic E-state index is 6.74. The number of hydrogen-bond acceptors (Lipinski definition) is 8. The van der Waals surface area contributed by atoms with Crippen LogP contribution in [0.25, 0.3) is 220 Å². The zero-order valence-electron chi connectivity index (χ0n) is 61.1. The van der Waals surface area contributed by atoms with Gasteiger partial charge in [0, 0.05) is 102 Å². The molecule has 0 amide bonds. The van der Waals surface area contributed by atoms with E-state index in [0.29, 0.717) is 35.2 Å². The number of rotatable bonds is 10. The van der Waals surface area contributed by atoms with Gasteiger partial charge in [0.05, 0.1) is 49.5 Å². The highest BCUT2D eigenvalue weighted by Crippen LogP contribution is 2.47. The Bertz CT molecular complexity index is 7380. The molecule has 114 heavy (non-hydrogen) atoms. The monoisotopic (exact) mass is 1470 g/mol. The van der Waals surface area contributed by atoms with Crippen molar-refractivity contribution in [2.75, 3.05) is 0 Å². The molecule has 0 aliphatic rings. The van der Waals surface area contributed by atoms with Crippen molar-refractivity contribution in [2.45, 2.75) is 0 Å². The highest BCUT2D eigenvalue weighted by molar-refractivity contribution is 7.26. The fourth-order valence-corrected chi connectivity index (χ4v) is 18.4. The van der Waals surface area contributed by atoms with E-state index >= 15 is 0 Å². The van der Waals surface area contributed by atoms with Crippen LogP contribution in [0.1, 0.15) is 0 Å². The zero-order valence-corrected chi connectivity index (χ0v) is 61.9. The van der Waals surface area contributed by atoms with E-state index in [1.54, 1.807) is 0 Å². The average Bonchev–Trinajstić information content (AvgIpc) is 1.56. The number of para-hydroxylation sites is 5. The molecule has 11 nitrogen and oxygen atoms in total. The number of nitrogens with zero attached hydrogens (tertiary/aromatic N) is 10. The maximum absolute atomic E-state index is 6.74. The second kappa shape index (κ2) is 26.2. The van der Waals surface area contributed by atoms with Crippen molar-refractivity contribution < 1.29 is 4.42 Å². The number of aromatic nitrogens is 10. The van der Waals surface area contributed by atoms with E-state index in [9.17, 15) is 0 Å². The smallest absolute Gasteiger partial charge is 0.238 e. The molecule has 0 atom stereocenters. The lowest BCUT2D eigenvalue weighted by Gasteiger charge is -2.11. The van der Waals surface area contributed by atoms with Crippen LogP contribution in [-0.4, -0.2) is 48.2 Å². The van der Waals surface area contributed by atoms with E-state index in [-0.39, 0.29) is 0 Å². The summed E-state index contributed by atoms with van der Waals surface area (Å²) < 4.78 is 18.4.